The zero-order valence-electron chi connectivity index (χ0n) is 12.7. The fourth-order valence-electron chi connectivity index (χ4n) is 3.00. The number of hydrogen-bond acceptors (Lipinski definition) is 1. The van der Waals surface area contributed by atoms with Gasteiger partial charge in [0, 0.05) is 29.5 Å². The molecule has 3 nitrogen and oxygen atoms in total. The molecule has 1 fully saturated rings. The van der Waals surface area contributed by atoms with E-state index in [1.54, 1.807) is 0 Å². The van der Waals surface area contributed by atoms with Crippen LogP contribution in [0.4, 0.5) is 0 Å². The van der Waals surface area contributed by atoms with Gasteiger partial charge in [-0.15, -0.1) is 0 Å². The molecule has 0 unspecified atom stereocenters. The minimum absolute atomic E-state index is 0.00611. The molecule has 1 aliphatic carbocycles. The van der Waals surface area contributed by atoms with Crippen molar-refractivity contribution in [3.8, 4) is 0 Å². The first-order chi connectivity index (χ1) is 10.2. The van der Waals surface area contributed by atoms with Gasteiger partial charge >= 0.3 is 0 Å². The summed E-state index contributed by atoms with van der Waals surface area (Å²) in [6.07, 6.45) is 3.51. The molecule has 110 valence electrons. The molecule has 1 N–H and O–H groups in total. The predicted octanol–water partition coefficient (Wildman–Crippen LogP) is 3.41. The molecule has 0 saturated heterocycles. The van der Waals surface area contributed by atoms with Crippen LogP contribution in [0.2, 0.25) is 0 Å². The van der Waals surface area contributed by atoms with E-state index >= 15 is 0 Å². The third-order valence-corrected chi connectivity index (χ3v) is 4.22. The number of rotatable bonds is 5. The Hall–Kier alpha value is -2.03. The molecule has 0 aliphatic heterocycles. The fraction of sp³-hybridized carbons (Fsp3) is 0.389. The van der Waals surface area contributed by atoms with Crippen LogP contribution in [-0.2, 0) is 6.42 Å². The summed E-state index contributed by atoms with van der Waals surface area (Å²) in [6, 6.07) is 12.4. The van der Waals surface area contributed by atoms with E-state index in [-0.39, 0.29) is 5.91 Å². The van der Waals surface area contributed by atoms with E-state index in [1.807, 2.05) is 30.3 Å². The average Bonchev–Trinajstić information content (AvgIpc) is 3.27. The molecule has 1 saturated carbocycles. The van der Waals surface area contributed by atoms with Crippen LogP contribution in [0.15, 0.2) is 36.4 Å². The number of hydrogen-bond donors (Lipinski definition) is 1. The monoisotopic (exact) mass is 282 g/mol. The molecule has 3 rings (SSSR count). The molecule has 1 aromatic carbocycles. The van der Waals surface area contributed by atoms with E-state index in [1.165, 1.54) is 29.8 Å². The van der Waals surface area contributed by atoms with Crippen molar-refractivity contribution in [2.75, 3.05) is 6.54 Å². The van der Waals surface area contributed by atoms with Crippen LogP contribution in [0.25, 0.3) is 0 Å². The Bertz CT molecular complexity index is 639. The lowest BCUT2D eigenvalue weighted by Crippen LogP contribution is -2.25. The predicted molar refractivity (Wildman–Crippen MR) is 84.7 cm³/mol. The zero-order chi connectivity index (χ0) is 14.8. The first-order valence-corrected chi connectivity index (χ1v) is 7.67. The maximum atomic E-state index is 12.0. The van der Waals surface area contributed by atoms with Crippen LogP contribution >= 0.6 is 0 Å². The summed E-state index contributed by atoms with van der Waals surface area (Å²) in [5, 5.41) is 3.00. The number of nitrogens with zero attached hydrogens (tertiary/aromatic N) is 1. The number of amides is 1. The van der Waals surface area contributed by atoms with Gasteiger partial charge in [0.1, 0.15) is 0 Å². The van der Waals surface area contributed by atoms with E-state index in [2.05, 4.69) is 29.8 Å². The number of carbonyl (C=O) groups excluding carboxylic acids is 1. The second-order valence-electron chi connectivity index (χ2n) is 5.87. The summed E-state index contributed by atoms with van der Waals surface area (Å²) in [5.74, 6) is 0.00611. The number of nitrogens with one attached hydrogen (secondary N) is 1. The maximum Gasteiger partial charge on any atom is 0.251 e. The minimum atomic E-state index is 0.00611. The molecule has 0 atom stereocenters. The van der Waals surface area contributed by atoms with Gasteiger partial charge in [0.2, 0.25) is 0 Å². The number of aromatic nitrogens is 1. The molecule has 1 amide bonds. The molecule has 1 heterocycles. The van der Waals surface area contributed by atoms with Gasteiger partial charge in [-0.2, -0.15) is 0 Å². The highest BCUT2D eigenvalue weighted by Crippen LogP contribution is 2.38. The molecular weight excluding hydrogens is 260 g/mol. The Morgan fingerprint density at radius 2 is 1.95 bits per heavy atom. The van der Waals surface area contributed by atoms with E-state index in [0.29, 0.717) is 6.54 Å². The molecule has 2 aromatic rings. The van der Waals surface area contributed by atoms with Crippen LogP contribution in [0.5, 0.6) is 0 Å². The molecule has 1 aromatic heterocycles. The highest BCUT2D eigenvalue weighted by molar-refractivity contribution is 5.94. The van der Waals surface area contributed by atoms with E-state index in [4.69, 9.17) is 0 Å². The van der Waals surface area contributed by atoms with Gasteiger partial charge in [-0.25, -0.2) is 0 Å². The normalized spacial score (nSPS) is 14.2. The largest absolute Gasteiger partial charge is 0.352 e. The Morgan fingerprint density at radius 1 is 1.24 bits per heavy atom. The summed E-state index contributed by atoms with van der Waals surface area (Å²) >= 11 is 0. The van der Waals surface area contributed by atoms with Gasteiger partial charge < -0.3 is 9.88 Å². The van der Waals surface area contributed by atoms with Gasteiger partial charge in [0.15, 0.2) is 0 Å². The van der Waals surface area contributed by atoms with Crippen molar-refractivity contribution in [1.82, 2.24) is 9.88 Å². The lowest BCUT2D eigenvalue weighted by molar-refractivity contribution is 0.0954. The van der Waals surface area contributed by atoms with Crippen molar-refractivity contribution in [2.45, 2.75) is 39.2 Å². The van der Waals surface area contributed by atoms with Crippen LogP contribution < -0.4 is 5.32 Å². The average molecular weight is 282 g/mol. The molecular formula is C18H22N2O. The SMILES string of the molecule is Cc1cc(CCNC(=O)c2ccccc2)c(C)n1C1CC1. The fourth-order valence-corrected chi connectivity index (χ4v) is 3.00. The topological polar surface area (TPSA) is 34.0 Å². The third-order valence-electron chi connectivity index (χ3n) is 4.22. The van der Waals surface area contributed by atoms with E-state index in [0.717, 1.165) is 18.0 Å². The summed E-state index contributed by atoms with van der Waals surface area (Å²) in [5.41, 5.74) is 4.79. The summed E-state index contributed by atoms with van der Waals surface area (Å²) in [4.78, 5) is 12.0. The first kappa shape index (κ1) is 13.9. The summed E-state index contributed by atoms with van der Waals surface area (Å²) < 4.78 is 2.45. The van der Waals surface area contributed by atoms with Crippen molar-refractivity contribution >= 4 is 5.91 Å². The van der Waals surface area contributed by atoms with Crippen LogP contribution in [0.3, 0.4) is 0 Å². The smallest absolute Gasteiger partial charge is 0.251 e. The van der Waals surface area contributed by atoms with Crippen molar-refractivity contribution < 1.29 is 4.79 Å². The quantitative estimate of drug-likeness (QED) is 0.896. The Labute approximate surface area is 126 Å². The summed E-state index contributed by atoms with van der Waals surface area (Å²) in [6.45, 7) is 5.06. The molecule has 0 bridgehead atoms. The maximum absolute atomic E-state index is 12.0. The van der Waals surface area contributed by atoms with Crippen molar-refractivity contribution in [2.24, 2.45) is 0 Å². The van der Waals surface area contributed by atoms with Crippen molar-refractivity contribution in [3.05, 3.63) is 58.9 Å². The molecule has 0 spiro atoms. The molecule has 21 heavy (non-hydrogen) atoms. The highest BCUT2D eigenvalue weighted by Gasteiger charge is 2.26. The Balaban J connectivity index is 1.58. The number of aryl methyl sites for hydroxylation is 1. The number of carbonyl (C=O) groups is 1. The van der Waals surface area contributed by atoms with Crippen molar-refractivity contribution in [3.63, 3.8) is 0 Å². The van der Waals surface area contributed by atoms with Gasteiger partial charge in [-0.1, -0.05) is 18.2 Å². The van der Waals surface area contributed by atoms with E-state index in [9.17, 15) is 4.79 Å². The molecule has 0 radical (unpaired) electrons. The highest BCUT2D eigenvalue weighted by atomic mass is 16.1. The second kappa shape index (κ2) is 5.76. The Kier molecular flexibility index (Phi) is 3.82. The van der Waals surface area contributed by atoms with Crippen molar-refractivity contribution in [1.29, 1.82) is 0 Å². The lowest BCUT2D eigenvalue weighted by Gasteiger charge is -2.08. The standard InChI is InChI=1S/C18H22N2O/c1-13-12-16(14(2)20(13)17-8-9-17)10-11-19-18(21)15-6-4-3-5-7-15/h3-7,12,17H,8-11H2,1-2H3,(H,19,21). The van der Waals surface area contributed by atoms with Gasteiger partial charge in [0.05, 0.1) is 0 Å². The zero-order valence-corrected chi connectivity index (χ0v) is 12.7. The Morgan fingerprint density at radius 3 is 2.62 bits per heavy atom. The second-order valence-corrected chi connectivity index (χ2v) is 5.87. The number of benzene rings is 1. The third kappa shape index (κ3) is 3.02. The molecule has 3 heteroatoms. The van der Waals surface area contributed by atoms with Crippen LogP contribution in [0, 0.1) is 13.8 Å². The van der Waals surface area contributed by atoms with Gasteiger partial charge in [0.25, 0.3) is 5.91 Å². The van der Waals surface area contributed by atoms with Gasteiger partial charge in [-0.05, 0) is 56.9 Å². The first-order valence-electron chi connectivity index (χ1n) is 7.67. The van der Waals surface area contributed by atoms with Gasteiger partial charge in [-0.3, -0.25) is 4.79 Å². The minimum Gasteiger partial charge on any atom is -0.352 e. The summed E-state index contributed by atoms with van der Waals surface area (Å²) in [7, 11) is 0. The van der Waals surface area contributed by atoms with Crippen LogP contribution in [0.1, 0.15) is 46.2 Å². The molecule has 1 aliphatic rings. The lowest BCUT2D eigenvalue weighted by atomic mass is 10.1. The van der Waals surface area contributed by atoms with E-state index < -0.39 is 0 Å². The van der Waals surface area contributed by atoms with Crippen LogP contribution in [-0.4, -0.2) is 17.0 Å².